The quantitative estimate of drug-likeness (QED) is 0.247. The summed E-state index contributed by atoms with van der Waals surface area (Å²) in [5.74, 6) is 3.57. The second-order valence-corrected chi connectivity index (χ2v) is 21.0. The molecule has 0 aromatic heterocycles. The highest BCUT2D eigenvalue weighted by Crippen LogP contribution is 2.69. The monoisotopic (exact) mass is 576 g/mol. The number of hydrogen-bond acceptors (Lipinski definition) is 4. The van der Waals surface area contributed by atoms with Crippen LogP contribution in [0, 0.1) is 46.3 Å². The van der Waals surface area contributed by atoms with Crippen molar-refractivity contribution < 1.29 is 18.8 Å². The first kappa shape index (κ1) is 32.0. The molecule has 40 heavy (non-hydrogen) atoms. The predicted molar refractivity (Wildman–Crippen MR) is 164 cm³/mol. The summed E-state index contributed by atoms with van der Waals surface area (Å²) in [6.45, 7) is 20.9. The highest BCUT2D eigenvalue weighted by Gasteiger charge is 2.63. The lowest BCUT2D eigenvalue weighted by atomic mass is 9.43. The second kappa shape index (κ2) is 11.6. The van der Waals surface area contributed by atoms with Gasteiger partial charge in [-0.2, -0.15) is 0 Å². The Balaban J connectivity index is 1.45. The van der Waals surface area contributed by atoms with Crippen LogP contribution in [0.3, 0.4) is 0 Å². The second-order valence-electron chi connectivity index (χ2n) is 16.3. The molecule has 2 N–H and O–H groups in total. The van der Waals surface area contributed by atoms with Gasteiger partial charge in [0.2, 0.25) is 11.8 Å². The molecule has 0 bridgehead atoms. The van der Waals surface area contributed by atoms with Gasteiger partial charge in [-0.1, -0.05) is 41.5 Å². The SMILES string of the molecule is CO[C@@H]1C[C@@H]2C[C@H](O[Si](C)(C)C(C)(C)C)CC[C@]2(C)[C@H]2CC[C@]3(C)[C@@H]([C@H](C)CCC(=O)NNC(C)=O)CC[C@H]3[C@H]12. The van der Waals surface area contributed by atoms with Gasteiger partial charge in [0.15, 0.2) is 8.32 Å². The molecule has 7 heteroatoms. The van der Waals surface area contributed by atoms with E-state index in [1.54, 1.807) is 0 Å². The summed E-state index contributed by atoms with van der Waals surface area (Å²) in [4.78, 5) is 23.4. The minimum Gasteiger partial charge on any atom is -0.414 e. The number of amides is 2. The van der Waals surface area contributed by atoms with Crippen LogP contribution in [0.2, 0.25) is 18.1 Å². The Kier molecular flexibility index (Phi) is 9.31. The summed E-state index contributed by atoms with van der Waals surface area (Å²) in [5, 5.41) is 0.250. The van der Waals surface area contributed by atoms with Crippen LogP contribution in [0.1, 0.15) is 113 Å². The molecule has 0 saturated heterocycles. The molecule has 4 saturated carbocycles. The van der Waals surface area contributed by atoms with E-state index in [0.29, 0.717) is 59.0 Å². The summed E-state index contributed by atoms with van der Waals surface area (Å²) in [6.07, 6.45) is 12.1. The largest absolute Gasteiger partial charge is 0.414 e. The number of ether oxygens (including phenoxy) is 1. The molecule has 0 radical (unpaired) electrons. The van der Waals surface area contributed by atoms with Crippen LogP contribution in [-0.4, -0.2) is 39.4 Å². The molecule has 2 amide bonds. The molecule has 0 heterocycles. The molecule has 4 rings (SSSR count). The van der Waals surface area contributed by atoms with Crippen molar-refractivity contribution in [2.75, 3.05) is 7.11 Å². The normalized spacial score (nSPS) is 40.4. The van der Waals surface area contributed by atoms with E-state index < -0.39 is 8.32 Å². The summed E-state index contributed by atoms with van der Waals surface area (Å²) in [7, 11) is 0.186. The first-order valence-corrected chi connectivity index (χ1v) is 19.2. The molecule has 0 aromatic rings. The summed E-state index contributed by atoms with van der Waals surface area (Å²) >= 11 is 0. The van der Waals surface area contributed by atoms with E-state index in [1.807, 2.05) is 7.11 Å². The van der Waals surface area contributed by atoms with E-state index >= 15 is 0 Å². The number of rotatable bonds is 7. The van der Waals surface area contributed by atoms with E-state index in [-0.39, 0.29) is 16.9 Å². The van der Waals surface area contributed by atoms with Crippen molar-refractivity contribution in [1.29, 1.82) is 0 Å². The highest BCUT2D eigenvalue weighted by molar-refractivity contribution is 6.74. The number of carbonyl (C=O) groups is 2. The molecule has 6 nitrogen and oxygen atoms in total. The highest BCUT2D eigenvalue weighted by atomic mass is 28.4. The Hall–Kier alpha value is -0.923. The van der Waals surface area contributed by atoms with Crippen LogP contribution in [0.4, 0.5) is 0 Å². The lowest BCUT2D eigenvalue weighted by Gasteiger charge is -2.63. The standard InChI is InChI=1S/C33H60N2O4Si/c1-21(11-14-29(37)35-34-22(2)36)25-12-13-26-30-27(16-18-33(25,26)7)32(6)17-15-24(19-23(32)20-28(30)38-8)39-40(9,10)31(3,4)5/h21,23-28,30H,11-20H2,1-10H3,(H,34,36)(H,35,37)/t21-,23+,24-,25-,26+,27+,28-,30+,32+,33-/m1/s1. The zero-order valence-electron chi connectivity index (χ0n) is 27.3. The first-order chi connectivity index (χ1) is 18.5. The van der Waals surface area contributed by atoms with E-state index in [0.717, 1.165) is 12.3 Å². The molecule has 4 aliphatic rings. The van der Waals surface area contributed by atoms with Crippen LogP contribution in [0.5, 0.6) is 0 Å². The summed E-state index contributed by atoms with van der Waals surface area (Å²) < 4.78 is 13.4. The Bertz CT molecular complexity index is 934. The van der Waals surface area contributed by atoms with Crippen molar-refractivity contribution in [2.24, 2.45) is 46.3 Å². The van der Waals surface area contributed by atoms with Crippen LogP contribution < -0.4 is 10.9 Å². The fraction of sp³-hybridized carbons (Fsp3) is 0.939. The molecule has 0 unspecified atom stereocenters. The van der Waals surface area contributed by atoms with Crippen molar-refractivity contribution in [3.63, 3.8) is 0 Å². The number of nitrogens with one attached hydrogen (secondary N) is 2. The van der Waals surface area contributed by atoms with Gasteiger partial charge < -0.3 is 9.16 Å². The molecule has 0 spiro atoms. The van der Waals surface area contributed by atoms with Crippen molar-refractivity contribution in [1.82, 2.24) is 10.9 Å². The third kappa shape index (κ3) is 5.95. The van der Waals surface area contributed by atoms with Crippen molar-refractivity contribution in [3.05, 3.63) is 0 Å². The van der Waals surface area contributed by atoms with Gasteiger partial charge in [-0.3, -0.25) is 20.4 Å². The number of carbonyl (C=O) groups excluding carboxylic acids is 2. The Morgan fingerprint density at radius 1 is 0.975 bits per heavy atom. The van der Waals surface area contributed by atoms with Gasteiger partial charge in [0, 0.05) is 26.6 Å². The van der Waals surface area contributed by atoms with Gasteiger partial charge in [-0.05, 0) is 122 Å². The molecule has 0 aliphatic heterocycles. The van der Waals surface area contributed by atoms with Gasteiger partial charge >= 0.3 is 0 Å². The third-order valence-corrected chi connectivity index (χ3v) is 17.7. The number of hydrogen-bond donors (Lipinski definition) is 2. The van der Waals surface area contributed by atoms with Crippen LogP contribution in [0.25, 0.3) is 0 Å². The molecule has 4 fully saturated rings. The van der Waals surface area contributed by atoms with Crippen molar-refractivity contribution >= 4 is 20.1 Å². The average molecular weight is 577 g/mol. The fourth-order valence-electron chi connectivity index (χ4n) is 9.86. The van der Waals surface area contributed by atoms with Gasteiger partial charge in [0.05, 0.1) is 6.10 Å². The van der Waals surface area contributed by atoms with Crippen molar-refractivity contribution in [3.8, 4) is 0 Å². The lowest BCUT2D eigenvalue weighted by Crippen LogP contribution is -2.59. The molecular weight excluding hydrogens is 516 g/mol. The zero-order valence-corrected chi connectivity index (χ0v) is 28.3. The lowest BCUT2D eigenvalue weighted by molar-refractivity contribution is -0.181. The minimum absolute atomic E-state index is 0.0933. The maximum absolute atomic E-state index is 12.3. The molecule has 230 valence electrons. The van der Waals surface area contributed by atoms with Crippen molar-refractivity contribution in [2.45, 2.75) is 143 Å². The minimum atomic E-state index is -1.78. The maximum Gasteiger partial charge on any atom is 0.238 e. The fourth-order valence-corrected chi connectivity index (χ4v) is 11.3. The van der Waals surface area contributed by atoms with E-state index in [2.05, 4.69) is 65.5 Å². The Morgan fingerprint density at radius 3 is 2.25 bits per heavy atom. The number of hydrazine groups is 1. The smallest absolute Gasteiger partial charge is 0.238 e. The molecular formula is C33H60N2O4Si. The van der Waals surface area contributed by atoms with Crippen LogP contribution in [-0.2, 0) is 18.8 Å². The van der Waals surface area contributed by atoms with Gasteiger partial charge in [-0.25, -0.2) is 0 Å². The number of fused-ring (bicyclic) bond motifs is 5. The topological polar surface area (TPSA) is 76.7 Å². The average Bonchev–Trinajstić information content (AvgIpc) is 3.22. The molecule has 10 atom stereocenters. The zero-order chi connectivity index (χ0) is 29.7. The van der Waals surface area contributed by atoms with E-state index in [1.165, 1.54) is 58.3 Å². The van der Waals surface area contributed by atoms with Crippen LogP contribution in [0.15, 0.2) is 0 Å². The summed E-state index contributed by atoms with van der Waals surface area (Å²) in [5.41, 5.74) is 5.66. The van der Waals surface area contributed by atoms with Gasteiger partial charge in [0.25, 0.3) is 0 Å². The van der Waals surface area contributed by atoms with Gasteiger partial charge in [-0.15, -0.1) is 0 Å². The molecule has 0 aromatic carbocycles. The third-order valence-electron chi connectivity index (χ3n) is 13.1. The van der Waals surface area contributed by atoms with E-state index in [4.69, 9.17) is 9.16 Å². The first-order valence-electron chi connectivity index (χ1n) is 16.3. The van der Waals surface area contributed by atoms with Crippen LogP contribution >= 0.6 is 0 Å². The van der Waals surface area contributed by atoms with E-state index in [9.17, 15) is 9.59 Å². The predicted octanol–water partition coefficient (Wildman–Crippen LogP) is 7.24. The number of methoxy groups -OCH3 is 1. The van der Waals surface area contributed by atoms with Gasteiger partial charge in [0.1, 0.15) is 0 Å². The Morgan fingerprint density at radius 2 is 1.62 bits per heavy atom. The Labute approximate surface area is 246 Å². The molecule has 4 aliphatic carbocycles. The maximum atomic E-state index is 12.3. The summed E-state index contributed by atoms with van der Waals surface area (Å²) in [6, 6.07) is 0.